The van der Waals surface area contributed by atoms with Crippen LogP contribution in [0.25, 0.3) is 0 Å². The van der Waals surface area contributed by atoms with Gasteiger partial charge in [0.15, 0.2) is 0 Å². The van der Waals surface area contributed by atoms with Crippen LogP contribution < -0.4 is 14.4 Å². The van der Waals surface area contributed by atoms with Gasteiger partial charge in [0.05, 0.1) is 0 Å². The number of piperidine rings is 2. The number of nitrogens with zero attached hydrogens (tertiary/aromatic N) is 4. The Kier molecular flexibility index (Phi) is 12.7. The first kappa shape index (κ1) is 40.4. The summed E-state index contributed by atoms with van der Waals surface area (Å²) in [7, 11) is 0. The van der Waals surface area contributed by atoms with Gasteiger partial charge in [-0.1, -0.05) is 19.3 Å². The maximum absolute atomic E-state index is 14.8. The number of carbonyl (C=O) groups is 3. The minimum Gasteiger partial charge on any atom is -0.490 e. The van der Waals surface area contributed by atoms with Crippen molar-refractivity contribution in [3.63, 3.8) is 0 Å². The topological polar surface area (TPSA) is 101 Å². The monoisotopic (exact) mass is 764 g/mol. The van der Waals surface area contributed by atoms with E-state index in [1.165, 1.54) is 31.4 Å². The van der Waals surface area contributed by atoms with Gasteiger partial charge < -0.3 is 38.5 Å². The molecule has 1 aliphatic carbocycles. The average molecular weight is 765 g/mol. The number of carbonyl (C=O) groups excluding carboxylic acids is 3. The molecule has 0 radical (unpaired) electrons. The number of rotatable bonds is 7. The van der Waals surface area contributed by atoms with E-state index in [2.05, 4.69) is 11.0 Å². The average Bonchev–Trinajstić information content (AvgIpc) is 3.14. The van der Waals surface area contributed by atoms with E-state index in [0.717, 1.165) is 42.7 Å². The largest absolute Gasteiger partial charge is 0.490 e. The molecule has 302 valence electrons. The minimum atomic E-state index is -0.557. The van der Waals surface area contributed by atoms with Gasteiger partial charge in [0.1, 0.15) is 40.7 Å². The number of halogens is 1. The van der Waals surface area contributed by atoms with Crippen LogP contribution in [-0.2, 0) is 9.47 Å². The van der Waals surface area contributed by atoms with Crippen LogP contribution in [0.5, 0.6) is 11.5 Å². The number of hydrogen-bond acceptors (Lipinski definition) is 8. The molecule has 0 unspecified atom stereocenters. The second kappa shape index (κ2) is 17.3. The molecule has 0 atom stereocenters. The lowest BCUT2D eigenvalue weighted by atomic mass is 9.83. The van der Waals surface area contributed by atoms with Gasteiger partial charge in [0.25, 0.3) is 5.91 Å². The van der Waals surface area contributed by atoms with Crippen molar-refractivity contribution in [3.8, 4) is 11.5 Å². The van der Waals surface area contributed by atoms with Crippen molar-refractivity contribution in [2.45, 2.75) is 129 Å². The predicted molar refractivity (Wildman–Crippen MR) is 210 cm³/mol. The van der Waals surface area contributed by atoms with E-state index in [-0.39, 0.29) is 36.1 Å². The zero-order valence-corrected chi connectivity index (χ0v) is 33.7. The molecule has 55 heavy (non-hydrogen) atoms. The summed E-state index contributed by atoms with van der Waals surface area (Å²) in [5, 5.41) is 0. The van der Waals surface area contributed by atoms with Crippen molar-refractivity contribution >= 4 is 23.8 Å². The van der Waals surface area contributed by atoms with Gasteiger partial charge in [-0.3, -0.25) is 4.79 Å². The van der Waals surface area contributed by atoms with Gasteiger partial charge in [-0.25, -0.2) is 14.0 Å². The fourth-order valence-electron chi connectivity index (χ4n) is 8.01. The standard InChI is InChI=1S/C43H61FN4O7/c1-42(2,3)54-40(50)47-20-16-35(17-21-47)53-38-13-12-31(26-37(38)30-10-8-7-9-11-30)39(49)46-18-14-34(15-19-46)52-36-28-32(44)27-33(29-36)45-22-24-48(25-23-45)41(51)55-43(4,5)6/h12-13,26-30,34-35H,7-11,14-25H2,1-6H3. The second-order valence-corrected chi connectivity index (χ2v) is 17.6. The van der Waals surface area contributed by atoms with Crippen LogP contribution in [0.3, 0.4) is 0 Å². The Bertz CT molecular complexity index is 1640. The molecule has 3 saturated heterocycles. The van der Waals surface area contributed by atoms with Crippen LogP contribution in [0.2, 0.25) is 0 Å². The smallest absolute Gasteiger partial charge is 0.410 e. The lowest BCUT2D eigenvalue weighted by Crippen LogP contribution is -2.50. The molecule has 0 aromatic heterocycles. The molecule has 0 N–H and O–H groups in total. The van der Waals surface area contributed by atoms with E-state index in [1.54, 1.807) is 9.80 Å². The zero-order chi connectivity index (χ0) is 39.3. The molecule has 0 spiro atoms. The summed E-state index contributed by atoms with van der Waals surface area (Å²) in [6.07, 6.45) is 7.71. The first-order chi connectivity index (χ1) is 26.1. The summed E-state index contributed by atoms with van der Waals surface area (Å²) in [5.41, 5.74) is 1.43. The molecular formula is C43H61FN4O7. The van der Waals surface area contributed by atoms with Gasteiger partial charge >= 0.3 is 12.2 Å². The Morgan fingerprint density at radius 3 is 1.75 bits per heavy atom. The van der Waals surface area contributed by atoms with Crippen molar-refractivity contribution < 1.29 is 37.7 Å². The normalized spacial score (nSPS) is 19.6. The Hall–Kier alpha value is -4.22. The van der Waals surface area contributed by atoms with Crippen LogP contribution in [-0.4, -0.2) is 109 Å². The molecule has 6 rings (SSSR count). The van der Waals surface area contributed by atoms with E-state index in [9.17, 15) is 18.8 Å². The van der Waals surface area contributed by atoms with Crippen molar-refractivity contribution in [1.29, 1.82) is 0 Å². The van der Waals surface area contributed by atoms with Gasteiger partial charge in [0.2, 0.25) is 0 Å². The van der Waals surface area contributed by atoms with E-state index in [4.69, 9.17) is 18.9 Å². The highest BCUT2D eigenvalue weighted by molar-refractivity contribution is 5.94. The Labute approximate surface area is 326 Å². The van der Waals surface area contributed by atoms with Gasteiger partial charge in [0, 0.05) is 101 Å². The number of ether oxygens (including phenoxy) is 4. The number of likely N-dealkylation sites (tertiary alicyclic amines) is 2. The molecular weight excluding hydrogens is 703 g/mol. The van der Waals surface area contributed by atoms with Crippen LogP contribution in [0.15, 0.2) is 36.4 Å². The summed E-state index contributed by atoms with van der Waals surface area (Å²) < 4.78 is 38.9. The number of piperazine rings is 1. The van der Waals surface area contributed by atoms with E-state index >= 15 is 0 Å². The molecule has 2 aromatic carbocycles. The zero-order valence-electron chi connectivity index (χ0n) is 33.7. The van der Waals surface area contributed by atoms with E-state index in [1.807, 2.05) is 64.6 Å². The van der Waals surface area contributed by atoms with E-state index < -0.39 is 11.2 Å². The molecule has 3 amide bonds. The van der Waals surface area contributed by atoms with Crippen molar-refractivity contribution in [3.05, 3.63) is 53.3 Å². The summed E-state index contributed by atoms with van der Waals surface area (Å²) in [6, 6.07) is 10.7. The molecule has 11 nitrogen and oxygen atoms in total. The molecule has 2 aromatic rings. The maximum Gasteiger partial charge on any atom is 0.410 e. The SMILES string of the molecule is CC(C)(C)OC(=O)N1CCC(Oc2ccc(C(=O)N3CCC(Oc4cc(F)cc(N5CCN(C(=O)OC(C)(C)C)CC5)c4)CC3)cc2C2CCCCC2)CC1. The molecule has 0 bridgehead atoms. The fourth-order valence-corrected chi connectivity index (χ4v) is 8.01. The number of hydrogen-bond donors (Lipinski definition) is 0. The molecule has 1 saturated carbocycles. The maximum atomic E-state index is 14.8. The predicted octanol–water partition coefficient (Wildman–Crippen LogP) is 8.39. The van der Waals surface area contributed by atoms with Gasteiger partial charge in [-0.15, -0.1) is 0 Å². The minimum absolute atomic E-state index is 0.00583. The number of anilines is 1. The molecule has 4 aliphatic rings. The van der Waals surface area contributed by atoms with Crippen molar-refractivity contribution in [1.82, 2.24) is 14.7 Å². The summed E-state index contributed by atoms with van der Waals surface area (Å²) in [4.78, 5) is 46.4. The first-order valence-electron chi connectivity index (χ1n) is 20.4. The number of benzene rings is 2. The third kappa shape index (κ3) is 11.2. The third-order valence-electron chi connectivity index (χ3n) is 10.9. The Morgan fingerprint density at radius 1 is 0.618 bits per heavy atom. The molecule has 4 fully saturated rings. The number of amides is 3. The Morgan fingerprint density at radius 2 is 1.16 bits per heavy atom. The fraction of sp³-hybridized carbons (Fsp3) is 0.651. The quantitative estimate of drug-likeness (QED) is 0.277. The Balaban J connectivity index is 1.03. The van der Waals surface area contributed by atoms with E-state index in [0.29, 0.717) is 82.4 Å². The van der Waals surface area contributed by atoms with Crippen LogP contribution in [0.4, 0.5) is 19.7 Å². The summed E-state index contributed by atoms with van der Waals surface area (Å²) in [6.45, 7) is 15.6. The summed E-state index contributed by atoms with van der Waals surface area (Å²) in [5.74, 6) is 1.30. The lowest BCUT2D eigenvalue weighted by Gasteiger charge is -2.37. The van der Waals surface area contributed by atoms with Crippen molar-refractivity contribution in [2.75, 3.05) is 57.3 Å². The lowest BCUT2D eigenvalue weighted by molar-refractivity contribution is 0.0124. The van der Waals surface area contributed by atoms with Gasteiger partial charge in [-0.05, 0) is 90.1 Å². The third-order valence-corrected chi connectivity index (χ3v) is 10.9. The van der Waals surface area contributed by atoms with Crippen LogP contribution in [0, 0.1) is 5.82 Å². The first-order valence-corrected chi connectivity index (χ1v) is 20.4. The van der Waals surface area contributed by atoms with Gasteiger partial charge in [-0.2, -0.15) is 0 Å². The van der Waals surface area contributed by atoms with Crippen LogP contribution in [0.1, 0.15) is 121 Å². The molecule has 3 aliphatic heterocycles. The second-order valence-electron chi connectivity index (χ2n) is 17.6. The highest BCUT2D eigenvalue weighted by atomic mass is 19.1. The summed E-state index contributed by atoms with van der Waals surface area (Å²) >= 11 is 0. The van der Waals surface area contributed by atoms with Crippen molar-refractivity contribution in [2.24, 2.45) is 0 Å². The highest BCUT2D eigenvalue weighted by Gasteiger charge is 2.31. The van der Waals surface area contributed by atoms with Crippen LogP contribution >= 0.6 is 0 Å². The molecule has 12 heteroatoms. The highest BCUT2D eigenvalue weighted by Crippen LogP contribution is 2.39. The molecule has 3 heterocycles.